The number of unbranched alkanes of at least 4 members (excludes halogenated alkanes) is 2. The fraction of sp³-hybridized carbons (Fsp3) is 0.222. The lowest BCUT2D eigenvalue weighted by atomic mass is 10.2. The lowest BCUT2D eigenvalue weighted by molar-refractivity contribution is 0.286. The summed E-state index contributed by atoms with van der Waals surface area (Å²) in [5.74, 6) is 2.53. The van der Waals surface area contributed by atoms with Crippen LogP contribution in [-0.2, 0) is 0 Å². The van der Waals surface area contributed by atoms with Gasteiger partial charge in [-0.05, 0) is 54.4 Å². The standard InChI is InChI=1S/C27H29N5O2/c1-3-4-10-17-34-24-16-15-20(18-25(24)33-2)19-28-32-27(29-21-11-6-5-7-12-21)26-30-22-13-8-9-14-23(22)31-26/h5-9,11-16,18-19H,3-4,10,17H2,1-2H3,(H,29,32)(H,30,31). The van der Waals surface area contributed by atoms with Crippen molar-refractivity contribution in [1.29, 1.82) is 0 Å². The summed E-state index contributed by atoms with van der Waals surface area (Å²) >= 11 is 0. The molecule has 0 spiro atoms. The maximum atomic E-state index is 5.86. The number of benzene rings is 3. The van der Waals surface area contributed by atoms with Crippen molar-refractivity contribution in [3.63, 3.8) is 0 Å². The Balaban J connectivity index is 1.53. The first-order valence-corrected chi connectivity index (χ1v) is 11.5. The minimum absolute atomic E-state index is 0.515. The number of amidine groups is 1. The van der Waals surface area contributed by atoms with Gasteiger partial charge in [0.1, 0.15) is 0 Å². The van der Waals surface area contributed by atoms with Gasteiger partial charge in [0.05, 0.1) is 36.7 Å². The fourth-order valence-corrected chi connectivity index (χ4v) is 3.41. The number of nitrogens with one attached hydrogen (secondary N) is 2. The Morgan fingerprint density at radius 1 is 1.00 bits per heavy atom. The van der Waals surface area contributed by atoms with Crippen molar-refractivity contribution in [1.82, 2.24) is 15.4 Å². The monoisotopic (exact) mass is 455 g/mol. The molecule has 0 aliphatic rings. The number of hydrogen-bond donors (Lipinski definition) is 2. The molecule has 0 atom stereocenters. The summed E-state index contributed by atoms with van der Waals surface area (Å²) < 4.78 is 11.4. The summed E-state index contributed by atoms with van der Waals surface area (Å²) in [4.78, 5) is 12.7. The van der Waals surface area contributed by atoms with Crippen molar-refractivity contribution in [2.45, 2.75) is 26.2 Å². The Bertz CT molecular complexity index is 1230. The van der Waals surface area contributed by atoms with E-state index in [2.05, 4.69) is 27.4 Å². The highest BCUT2D eigenvalue weighted by Crippen LogP contribution is 2.27. The van der Waals surface area contributed by atoms with E-state index in [1.807, 2.05) is 72.8 Å². The molecule has 0 amide bonds. The summed E-state index contributed by atoms with van der Waals surface area (Å²) in [6, 6.07) is 23.3. The molecule has 3 aromatic carbocycles. The van der Waals surface area contributed by atoms with Crippen LogP contribution in [0, 0.1) is 0 Å². The van der Waals surface area contributed by atoms with Gasteiger partial charge < -0.3 is 14.5 Å². The summed E-state index contributed by atoms with van der Waals surface area (Å²) in [6.45, 7) is 2.85. The smallest absolute Gasteiger partial charge is 0.190 e. The van der Waals surface area contributed by atoms with E-state index in [1.165, 1.54) is 0 Å². The second kappa shape index (κ2) is 11.7. The molecule has 0 saturated carbocycles. The van der Waals surface area contributed by atoms with Gasteiger partial charge in [-0.2, -0.15) is 5.10 Å². The number of H-pyrrole nitrogens is 1. The highest BCUT2D eigenvalue weighted by molar-refractivity contribution is 6.00. The highest BCUT2D eigenvalue weighted by Gasteiger charge is 2.10. The normalized spacial score (nSPS) is 11.8. The van der Waals surface area contributed by atoms with E-state index in [0.717, 1.165) is 47.3 Å². The zero-order valence-corrected chi connectivity index (χ0v) is 19.5. The molecular weight excluding hydrogens is 426 g/mol. The Morgan fingerprint density at radius 3 is 2.62 bits per heavy atom. The number of fused-ring (bicyclic) bond motifs is 1. The Morgan fingerprint density at radius 2 is 1.82 bits per heavy atom. The van der Waals surface area contributed by atoms with Gasteiger partial charge in [-0.15, -0.1) is 0 Å². The molecule has 0 bridgehead atoms. The van der Waals surface area contributed by atoms with Crippen LogP contribution in [0.5, 0.6) is 11.5 Å². The third kappa shape index (κ3) is 6.01. The lowest BCUT2D eigenvalue weighted by Crippen LogP contribution is -2.20. The van der Waals surface area contributed by atoms with E-state index in [0.29, 0.717) is 24.0 Å². The summed E-state index contributed by atoms with van der Waals surface area (Å²) in [5.41, 5.74) is 6.51. The van der Waals surface area contributed by atoms with Crippen LogP contribution in [0.4, 0.5) is 5.69 Å². The molecule has 34 heavy (non-hydrogen) atoms. The maximum Gasteiger partial charge on any atom is 0.190 e. The van der Waals surface area contributed by atoms with Crippen LogP contribution < -0.4 is 14.9 Å². The van der Waals surface area contributed by atoms with Gasteiger partial charge in [0.25, 0.3) is 0 Å². The first-order valence-electron chi connectivity index (χ1n) is 11.5. The van der Waals surface area contributed by atoms with E-state index >= 15 is 0 Å². The van der Waals surface area contributed by atoms with Crippen LogP contribution in [0.15, 0.2) is 82.9 Å². The Kier molecular flexibility index (Phi) is 7.90. The predicted octanol–water partition coefficient (Wildman–Crippen LogP) is 5.84. The summed E-state index contributed by atoms with van der Waals surface area (Å²) in [6.07, 6.45) is 5.05. The first-order chi connectivity index (χ1) is 16.8. The number of aromatic amines is 1. The largest absolute Gasteiger partial charge is 0.493 e. The topological polar surface area (TPSA) is 83.9 Å². The van der Waals surface area contributed by atoms with Crippen molar-refractivity contribution in [3.8, 4) is 11.5 Å². The SMILES string of the molecule is CCCCCOc1ccc(C=NNC(=Nc2ccccc2)c2nc3ccccc3[nH]2)cc1OC. The number of para-hydroxylation sites is 3. The summed E-state index contributed by atoms with van der Waals surface area (Å²) in [7, 11) is 1.64. The molecule has 4 aromatic rings. The number of hydrazone groups is 1. The first kappa shape index (κ1) is 23.0. The fourth-order valence-electron chi connectivity index (χ4n) is 3.41. The van der Waals surface area contributed by atoms with Gasteiger partial charge in [0.15, 0.2) is 23.2 Å². The molecule has 2 N–H and O–H groups in total. The van der Waals surface area contributed by atoms with Gasteiger partial charge >= 0.3 is 0 Å². The van der Waals surface area contributed by atoms with E-state index in [1.54, 1.807) is 13.3 Å². The van der Waals surface area contributed by atoms with Crippen LogP contribution in [0.1, 0.15) is 37.6 Å². The Hall–Kier alpha value is -4.13. The lowest BCUT2D eigenvalue weighted by Gasteiger charge is -2.11. The zero-order valence-electron chi connectivity index (χ0n) is 19.5. The second-order valence-electron chi connectivity index (χ2n) is 7.73. The molecule has 4 rings (SSSR count). The predicted molar refractivity (Wildman–Crippen MR) is 137 cm³/mol. The quantitative estimate of drug-likeness (QED) is 0.136. The molecule has 174 valence electrons. The van der Waals surface area contributed by atoms with Crippen LogP contribution >= 0.6 is 0 Å². The number of nitrogens with zero attached hydrogens (tertiary/aromatic N) is 3. The number of ether oxygens (including phenoxy) is 2. The minimum Gasteiger partial charge on any atom is -0.493 e. The Labute approximate surface area is 199 Å². The van der Waals surface area contributed by atoms with Crippen molar-refractivity contribution < 1.29 is 9.47 Å². The molecule has 7 nitrogen and oxygen atoms in total. The molecule has 0 radical (unpaired) electrons. The number of imidazole rings is 1. The number of hydrogen-bond acceptors (Lipinski definition) is 5. The third-order valence-corrected chi connectivity index (χ3v) is 5.19. The van der Waals surface area contributed by atoms with Crippen molar-refractivity contribution >= 4 is 28.8 Å². The zero-order chi connectivity index (χ0) is 23.6. The van der Waals surface area contributed by atoms with Crippen LogP contribution in [0.25, 0.3) is 11.0 Å². The molecular formula is C27H29N5O2. The van der Waals surface area contributed by atoms with Crippen LogP contribution in [0.3, 0.4) is 0 Å². The van der Waals surface area contributed by atoms with Gasteiger partial charge in [-0.3, -0.25) is 5.43 Å². The van der Waals surface area contributed by atoms with Gasteiger partial charge in [0.2, 0.25) is 0 Å². The molecule has 1 aromatic heterocycles. The third-order valence-electron chi connectivity index (χ3n) is 5.19. The molecule has 0 fully saturated rings. The molecule has 0 saturated heterocycles. The number of rotatable bonds is 10. The minimum atomic E-state index is 0.515. The number of aliphatic imine (C=N–C) groups is 1. The second-order valence-corrected chi connectivity index (χ2v) is 7.73. The highest BCUT2D eigenvalue weighted by atomic mass is 16.5. The molecule has 1 heterocycles. The molecule has 0 aliphatic carbocycles. The average Bonchev–Trinajstić information content (AvgIpc) is 3.31. The number of methoxy groups -OCH3 is 1. The van der Waals surface area contributed by atoms with Crippen LogP contribution in [-0.4, -0.2) is 35.7 Å². The molecule has 7 heteroatoms. The van der Waals surface area contributed by atoms with E-state index < -0.39 is 0 Å². The van der Waals surface area contributed by atoms with Crippen molar-refractivity contribution in [3.05, 3.63) is 84.2 Å². The van der Waals surface area contributed by atoms with Gasteiger partial charge in [-0.25, -0.2) is 9.98 Å². The van der Waals surface area contributed by atoms with Crippen LogP contribution in [0.2, 0.25) is 0 Å². The van der Waals surface area contributed by atoms with Gasteiger partial charge in [-0.1, -0.05) is 50.1 Å². The average molecular weight is 456 g/mol. The van der Waals surface area contributed by atoms with E-state index in [4.69, 9.17) is 14.5 Å². The van der Waals surface area contributed by atoms with E-state index in [9.17, 15) is 0 Å². The van der Waals surface area contributed by atoms with Crippen molar-refractivity contribution in [2.24, 2.45) is 10.1 Å². The van der Waals surface area contributed by atoms with E-state index in [-0.39, 0.29) is 0 Å². The summed E-state index contributed by atoms with van der Waals surface area (Å²) in [5, 5.41) is 4.41. The van der Waals surface area contributed by atoms with Crippen molar-refractivity contribution in [2.75, 3.05) is 13.7 Å². The maximum absolute atomic E-state index is 5.86. The molecule has 0 aliphatic heterocycles. The molecule has 0 unspecified atom stereocenters. The van der Waals surface area contributed by atoms with Gasteiger partial charge in [0, 0.05) is 0 Å². The number of aromatic nitrogens is 2.